The number of rotatable bonds is 4. The molecular weight excluding hydrogens is 316 g/mol. The van der Waals surface area contributed by atoms with E-state index in [-0.39, 0.29) is 36.2 Å². The lowest BCUT2D eigenvalue weighted by Gasteiger charge is -2.22. The summed E-state index contributed by atoms with van der Waals surface area (Å²) in [6.07, 6.45) is 3.69. The van der Waals surface area contributed by atoms with Crippen LogP contribution in [-0.2, 0) is 9.59 Å². The Morgan fingerprint density at radius 1 is 1.39 bits per heavy atom. The van der Waals surface area contributed by atoms with E-state index in [1.165, 1.54) is 0 Å². The summed E-state index contributed by atoms with van der Waals surface area (Å²) in [5.74, 6) is 1.20. The normalized spacial score (nSPS) is 35.5. The van der Waals surface area contributed by atoms with Gasteiger partial charge in [0.15, 0.2) is 0 Å². The number of nitriles is 1. The van der Waals surface area contributed by atoms with E-state index in [1.54, 1.807) is 11.8 Å². The van der Waals surface area contributed by atoms with E-state index in [0.29, 0.717) is 31.0 Å². The standard InChI is InChI=1S/C16H24N4O2.ClH/c1-10(21)16-14-6-12(5-11(14)8-19-16)18-9-15(22)20-4-2-3-13(20)7-17;/h11-14,16,18-19H,2-6,8-9H2,1H3;1H/t11-,12+,13?,14+,16-;/m1./s1. The monoisotopic (exact) mass is 340 g/mol. The molecule has 5 atom stereocenters. The van der Waals surface area contributed by atoms with E-state index >= 15 is 0 Å². The molecule has 0 bridgehead atoms. The minimum Gasteiger partial charge on any atom is -0.326 e. The summed E-state index contributed by atoms with van der Waals surface area (Å²) >= 11 is 0. The number of fused-ring (bicyclic) bond motifs is 1. The van der Waals surface area contributed by atoms with E-state index in [1.807, 2.05) is 0 Å². The van der Waals surface area contributed by atoms with Gasteiger partial charge in [-0.1, -0.05) is 0 Å². The first-order valence-electron chi connectivity index (χ1n) is 8.26. The Balaban J connectivity index is 0.00000192. The SMILES string of the molecule is CC(=O)[C@H]1NC[C@H]2C[C@H](NCC(=O)N3CCCC3C#N)C[C@@H]21.Cl. The number of carbonyl (C=O) groups is 2. The first-order chi connectivity index (χ1) is 10.6. The lowest BCUT2D eigenvalue weighted by Crippen LogP contribution is -2.43. The second-order valence-electron chi connectivity index (χ2n) is 6.84. The molecule has 2 aliphatic heterocycles. The van der Waals surface area contributed by atoms with Gasteiger partial charge in [-0.25, -0.2) is 0 Å². The summed E-state index contributed by atoms with van der Waals surface area (Å²) in [6.45, 7) is 3.56. The molecule has 0 aromatic carbocycles. The topological polar surface area (TPSA) is 85.2 Å². The molecule has 1 unspecified atom stereocenters. The second-order valence-corrected chi connectivity index (χ2v) is 6.84. The molecule has 23 heavy (non-hydrogen) atoms. The number of halogens is 1. The van der Waals surface area contributed by atoms with Crippen LogP contribution in [0.15, 0.2) is 0 Å². The van der Waals surface area contributed by atoms with Crippen LogP contribution in [0, 0.1) is 23.2 Å². The summed E-state index contributed by atoms with van der Waals surface area (Å²) in [7, 11) is 0. The van der Waals surface area contributed by atoms with Gasteiger partial charge in [0.2, 0.25) is 5.91 Å². The molecule has 3 rings (SSSR count). The molecule has 0 spiro atoms. The third kappa shape index (κ3) is 3.68. The minimum absolute atomic E-state index is 0. The number of nitrogens with zero attached hydrogens (tertiary/aromatic N) is 2. The number of Topliss-reactive ketones (excluding diaryl/α,β-unsaturated/α-hetero) is 1. The highest BCUT2D eigenvalue weighted by Crippen LogP contribution is 2.38. The number of ketones is 1. The molecule has 2 N–H and O–H groups in total. The third-order valence-electron chi connectivity index (χ3n) is 5.48. The van der Waals surface area contributed by atoms with Gasteiger partial charge in [-0.05, 0) is 51.0 Å². The zero-order chi connectivity index (χ0) is 15.7. The van der Waals surface area contributed by atoms with Crippen LogP contribution < -0.4 is 10.6 Å². The number of amides is 1. The summed E-state index contributed by atoms with van der Waals surface area (Å²) < 4.78 is 0. The molecule has 0 aromatic rings. The smallest absolute Gasteiger partial charge is 0.237 e. The van der Waals surface area contributed by atoms with Crippen molar-refractivity contribution >= 4 is 24.1 Å². The summed E-state index contributed by atoms with van der Waals surface area (Å²) in [5, 5.41) is 15.7. The lowest BCUT2D eigenvalue weighted by atomic mass is 9.92. The highest BCUT2D eigenvalue weighted by molar-refractivity contribution is 5.85. The molecule has 3 aliphatic rings. The van der Waals surface area contributed by atoms with Gasteiger partial charge >= 0.3 is 0 Å². The van der Waals surface area contributed by atoms with E-state index < -0.39 is 0 Å². The highest BCUT2D eigenvalue weighted by Gasteiger charge is 2.44. The fourth-order valence-electron chi connectivity index (χ4n) is 4.37. The second kappa shape index (κ2) is 7.61. The first kappa shape index (κ1) is 18.2. The molecule has 1 saturated carbocycles. The van der Waals surface area contributed by atoms with E-state index in [9.17, 15) is 9.59 Å². The zero-order valence-corrected chi connectivity index (χ0v) is 14.3. The quantitative estimate of drug-likeness (QED) is 0.777. The molecule has 0 aromatic heterocycles. The molecule has 3 fully saturated rings. The van der Waals surface area contributed by atoms with Crippen molar-refractivity contribution in [1.82, 2.24) is 15.5 Å². The van der Waals surface area contributed by atoms with Crippen molar-refractivity contribution in [1.29, 1.82) is 5.26 Å². The maximum absolute atomic E-state index is 12.2. The van der Waals surface area contributed by atoms with E-state index in [4.69, 9.17) is 5.26 Å². The molecule has 1 aliphatic carbocycles. The highest BCUT2D eigenvalue weighted by atomic mass is 35.5. The molecule has 2 saturated heterocycles. The summed E-state index contributed by atoms with van der Waals surface area (Å²) in [5.41, 5.74) is 0. The number of likely N-dealkylation sites (tertiary alicyclic amines) is 1. The van der Waals surface area contributed by atoms with Gasteiger partial charge in [-0.2, -0.15) is 5.26 Å². The van der Waals surface area contributed by atoms with E-state index in [0.717, 1.165) is 32.2 Å². The van der Waals surface area contributed by atoms with Gasteiger partial charge in [0.05, 0.1) is 18.7 Å². The Morgan fingerprint density at radius 3 is 2.87 bits per heavy atom. The van der Waals surface area contributed by atoms with Crippen LogP contribution in [-0.4, -0.2) is 54.4 Å². The number of hydrogen-bond donors (Lipinski definition) is 2. The molecular formula is C16H25ClN4O2. The summed E-state index contributed by atoms with van der Waals surface area (Å²) in [4.78, 5) is 25.6. The van der Waals surface area contributed by atoms with Crippen molar-refractivity contribution in [3.05, 3.63) is 0 Å². The fourth-order valence-corrected chi connectivity index (χ4v) is 4.37. The van der Waals surface area contributed by atoms with Crippen molar-refractivity contribution in [3.63, 3.8) is 0 Å². The predicted octanol–water partition coefficient (Wildman–Crippen LogP) is 0.468. The Kier molecular flexibility index (Phi) is 6.01. The molecule has 128 valence electrons. The fraction of sp³-hybridized carbons (Fsp3) is 0.812. The van der Waals surface area contributed by atoms with Gasteiger partial charge in [0.1, 0.15) is 11.8 Å². The van der Waals surface area contributed by atoms with Gasteiger partial charge in [0.25, 0.3) is 0 Å². The zero-order valence-electron chi connectivity index (χ0n) is 13.5. The van der Waals surface area contributed by atoms with Crippen molar-refractivity contribution < 1.29 is 9.59 Å². The number of nitrogens with one attached hydrogen (secondary N) is 2. The lowest BCUT2D eigenvalue weighted by molar-refractivity contribution is -0.130. The van der Waals surface area contributed by atoms with Crippen LogP contribution in [0.4, 0.5) is 0 Å². The first-order valence-corrected chi connectivity index (χ1v) is 8.26. The molecule has 6 nitrogen and oxygen atoms in total. The van der Waals surface area contributed by atoms with Crippen LogP contribution >= 0.6 is 12.4 Å². The van der Waals surface area contributed by atoms with Crippen molar-refractivity contribution in [2.24, 2.45) is 11.8 Å². The van der Waals surface area contributed by atoms with Gasteiger partial charge in [0, 0.05) is 12.6 Å². The van der Waals surface area contributed by atoms with Crippen LogP contribution in [0.5, 0.6) is 0 Å². The predicted molar refractivity (Wildman–Crippen MR) is 88.1 cm³/mol. The maximum atomic E-state index is 12.2. The number of carbonyl (C=O) groups excluding carboxylic acids is 2. The van der Waals surface area contributed by atoms with Crippen LogP contribution in [0.2, 0.25) is 0 Å². The van der Waals surface area contributed by atoms with Gasteiger partial charge < -0.3 is 15.5 Å². The maximum Gasteiger partial charge on any atom is 0.237 e. The Hall–Kier alpha value is -1.16. The number of hydrogen-bond acceptors (Lipinski definition) is 5. The van der Waals surface area contributed by atoms with Crippen LogP contribution in [0.3, 0.4) is 0 Å². The Morgan fingerprint density at radius 2 is 2.17 bits per heavy atom. The minimum atomic E-state index is -0.247. The van der Waals surface area contributed by atoms with Crippen LogP contribution in [0.25, 0.3) is 0 Å². The molecule has 7 heteroatoms. The largest absolute Gasteiger partial charge is 0.326 e. The molecule has 0 radical (unpaired) electrons. The Bertz CT molecular complexity index is 507. The Labute approximate surface area is 143 Å². The van der Waals surface area contributed by atoms with Gasteiger partial charge in [-0.3, -0.25) is 9.59 Å². The van der Waals surface area contributed by atoms with Crippen molar-refractivity contribution in [2.75, 3.05) is 19.6 Å². The van der Waals surface area contributed by atoms with E-state index in [2.05, 4.69) is 16.7 Å². The van der Waals surface area contributed by atoms with Crippen molar-refractivity contribution in [3.8, 4) is 6.07 Å². The molecule has 1 amide bonds. The molecule has 2 heterocycles. The van der Waals surface area contributed by atoms with Crippen molar-refractivity contribution in [2.45, 2.75) is 50.7 Å². The van der Waals surface area contributed by atoms with Gasteiger partial charge in [-0.15, -0.1) is 12.4 Å². The van der Waals surface area contributed by atoms with Crippen LogP contribution in [0.1, 0.15) is 32.6 Å². The third-order valence-corrected chi connectivity index (χ3v) is 5.48. The average Bonchev–Trinajstić information content (AvgIpc) is 3.18. The average molecular weight is 341 g/mol. The summed E-state index contributed by atoms with van der Waals surface area (Å²) in [6, 6.07) is 2.26.